The summed E-state index contributed by atoms with van der Waals surface area (Å²) in [5.74, 6) is 0.397. The Labute approximate surface area is 108 Å². The quantitative estimate of drug-likeness (QED) is 0.865. The SMILES string of the molecule is CC(C)N1CCC(c2nccc(C#N)c2N)CC1. The lowest BCUT2D eigenvalue weighted by Crippen LogP contribution is -2.38. The topological polar surface area (TPSA) is 65.9 Å². The van der Waals surface area contributed by atoms with Crippen LogP contribution in [-0.2, 0) is 0 Å². The molecule has 0 saturated carbocycles. The fourth-order valence-corrected chi connectivity index (χ4v) is 2.60. The Morgan fingerprint density at radius 2 is 2.11 bits per heavy atom. The Balaban J connectivity index is 2.13. The summed E-state index contributed by atoms with van der Waals surface area (Å²) in [5, 5.41) is 8.99. The van der Waals surface area contributed by atoms with E-state index in [1.165, 1.54) is 0 Å². The van der Waals surface area contributed by atoms with Crippen molar-refractivity contribution in [3.8, 4) is 6.07 Å². The molecule has 2 N–H and O–H groups in total. The number of rotatable bonds is 2. The highest BCUT2D eigenvalue weighted by atomic mass is 15.1. The third kappa shape index (κ3) is 2.46. The molecule has 0 aliphatic carbocycles. The van der Waals surface area contributed by atoms with Crippen LogP contribution in [-0.4, -0.2) is 29.0 Å². The Morgan fingerprint density at radius 3 is 2.67 bits per heavy atom. The molecule has 0 unspecified atom stereocenters. The van der Waals surface area contributed by atoms with Crippen molar-refractivity contribution >= 4 is 5.69 Å². The van der Waals surface area contributed by atoms with E-state index in [-0.39, 0.29) is 0 Å². The van der Waals surface area contributed by atoms with E-state index in [4.69, 9.17) is 11.0 Å². The first kappa shape index (κ1) is 12.8. The molecular weight excluding hydrogens is 224 g/mol. The molecule has 0 bridgehead atoms. The summed E-state index contributed by atoms with van der Waals surface area (Å²) >= 11 is 0. The zero-order chi connectivity index (χ0) is 13.1. The van der Waals surface area contributed by atoms with Crippen molar-refractivity contribution in [2.24, 2.45) is 0 Å². The minimum Gasteiger partial charge on any atom is -0.396 e. The maximum atomic E-state index is 8.99. The number of pyridine rings is 1. The predicted molar refractivity (Wildman–Crippen MR) is 72.0 cm³/mol. The van der Waals surface area contributed by atoms with Gasteiger partial charge in [-0.05, 0) is 45.8 Å². The second-order valence-corrected chi connectivity index (χ2v) is 5.17. The zero-order valence-electron chi connectivity index (χ0n) is 11.1. The van der Waals surface area contributed by atoms with E-state index in [1.807, 2.05) is 0 Å². The standard InChI is InChI=1S/C14H20N4/c1-10(2)18-7-4-11(5-8-18)14-13(16)12(9-15)3-6-17-14/h3,6,10-11H,4-5,7-8,16H2,1-2H3. The average Bonchev–Trinajstić information content (AvgIpc) is 2.39. The number of hydrogen-bond acceptors (Lipinski definition) is 4. The smallest absolute Gasteiger partial charge is 0.101 e. The van der Waals surface area contributed by atoms with Crippen molar-refractivity contribution < 1.29 is 0 Å². The normalized spacial score (nSPS) is 17.9. The number of aromatic nitrogens is 1. The molecule has 1 aromatic heterocycles. The Hall–Kier alpha value is -1.60. The number of nitriles is 1. The van der Waals surface area contributed by atoms with Crippen molar-refractivity contribution in [2.75, 3.05) is 18.8 Å². The molecular formula is C14H20N4. The molecule has 0 amide bonds. The Bertz CT molecular complexity index is 453. The van der Waals surface area contributed by atoms with E-state index < -0.39 is 0 Å². The van der Waals surface area contributed by atoms with Crippen molar-refractivity contribution in [1.29, 1.82) is 5.26 Å². The number of nitrogens with two attached hydrogens (primary N) is 1. The van der Waals surface area contributed by atoms with Crippen LogP contribution in [0.1, 0.15) is 43.9 Å². The highest BCUT2D eigenvalue weighted by Crippen LogP contribution is 2.31. The molecule has 96 valence electrons. The van der Waals surface area contributed by atoms with Gasteiger partial charge in [0.25, 0.3) is 0 Å². The number of piperidine rings is 1. The zero-order valence-corrected chi connectivity index (χ0v) is 11.1. The van der Waals surface area contributed by atoms with Crippen LogP contribution in [0.5, 0.6) is 0 Å². The number of nitrogens with zero attached hydrogens (tertiary/aromatic N) is 3. The Morgan fingerprint density at radius 1 is 1.44 bits per heavy atom. The summed E-state index contributed by atoms with van der Waals surface area (Å²) < 4.78 is 0. The molecule has 18 heavy (non-hydrogen) atoms. The summed E-state index contributed by atoms with van der Waals surface area (Å²) in [6, 6.07) is 4.41. The summed E-state index contributed by atoms with van der Waals surface area (Å²) in [6.45, 7) is 6.62. The van der Waals surface area contributed by atoms with Gasteiger partial charge in [0.15, 0.2) is 0 Å². The van der Waals surface area contributed by atoms with Crippen molar-refractivity contribution in [2.45, 2.75) is 38.6 Å². The van der Waals surface area contributed by atoms with Crippen LogP contribution in [0.25, 0.3) is 0 Å². The molecule has 2 rings (SSSR count). The molecule has 1 aliphatic heterocycles. The maximum absolute atomic E-state index is 8.99. The van der Waals surface area contributed by atoms with Crippen LogP contribution < -0.4 is 5.73 Å². The summed E-state index contributed by atoms with van der Waals surface area (Å²) in [4.78, 5) is 6.86. The molecule has 1 saturated heterocycles. The molecule has 4 nitrogen and oxygen atoms in total. The largest absolute Gasteiger partial charge is 0.396 e. The maximum Gasteiger partial charge on any atom is 0.101 e. The molecule has 1 aromatic rings. The third-order valence-electron chi connectivity index (χ3n) is 3.79. The second-order valence-electron chi connectivity index (χ2n) is 5.17. The van der Waals surface area contributed by atoms with E-state index in [1.54, 1.807) is 12.3 Å². The summed E-state index contributed by atoms with van der Waals surface area (Å²) in [6.07, 6.45) is 3.84. The fourth-order valence-electron chi connectivity index (χ4n) is 2.60. The van der Waals surface area contributed by atoms with Gasteiger partial charge in [-0.25, -0.2) is 0 Å². The van der Waals surface area contributed by atoms with Gasteiger partial charge >= 0.3 is 0 Å². The van der Waals surface area contributed by atoms with Gasteiger partial charge in [-0.1, -0.05) is 0 Å². The minimum absolute atomic E-state index is 0.397. The molecule has 1 aliphatic rings. The van der Waals surface area contributed by atoms with E-state index >= 15 is 0 Å². The molecule has 0 radical (unpaired) electrons. The number of anilines is 1. The van der Waals surface area contributed by atoms with E-state index in [0.717, 1.165) is 31.6 Å². The van der Waals surface area contributed by atoms with E-state index in [9.17, 15) is 0 Å². The van der Waals surface area contributed by atoms with Crippen LogP contribution in [0.2, 0.25) is 0 Å². The average molecular weight is 244 g/mol. The van der Waals surface area contributed by atoms with Crippen LogP contribution in [0.4, 0.5) is 5.69 Å². The van der Waals surface area contributed by atoms with Crippen LogP contribution >= 0.6 is 0 Å². The van der Waals surface area contributed by atoms with Crippen molar-refractivity contribution in [3.63, 3.8) is 0 Å². The number of hydrogen-bond donors (Lipinski definition) is 1. The molecule has 4 heteroatoms. The van der Waals surface area contributed by atoms with Gasteiger partial charge in [-0.2, -0.15) is 5.26 Å². The number of likely N-dealkylation sites (tertiary alicyclic amines) is 1. The third-order valence-corrected chi connectivity index (χ3v) is 3.79. The van der Waals surface area contributed by atoms with Crippen LogP contribution in [0.15, 0.2) is 12.3 Å². The molecule has 0 atom stereocenters. The second kappa shape index (κ2) is 5.36. The van der Waals surface area contributed by atoms with Gasteiger partial charge in [-0.3, -0.25) is 4.98 Å². The number of nitrogen functional groups attached to an aromatic ring is 1. The lowest BCUT2D eigenvalue weighted by Gasteiger charge is -2.34. The van der Waals surface area contributed by atoms with Crippen molar-refractivity contribution in [1.82, 2.24) is 9.88 Å². The first-order valence-corrected chi connectivity index (χ1v) is 6.52. The predicted octanol–water partition coefficient (Wildman–Crippen LogP) is 2.12. The summed E-state index contributed by atoms with van der Waals surface area (Å²) in [7, 11) is 0. The first-order chi connectivity index (χ1) is 8.63. The monoisotopic (exact) mass is 244 g/mol. The fraction of sp³-hybridized carbons (Fsp3) is 0.571. The van der Waals surface area contributed by atoms with Gasteiger partial charge < -0.3 is 10.6 Å². The van der Waals surface area contributed by atoms with Gasteiger partial charge in [0.1, 0.15) is 6.07 Å². The van der Waals surface area contributed by atoms with Crippen LogP contribution in [0, 0.1) is 11.3 Å². The molecule has 0 spiro atoms. The molecule has 0 aromatic carbocycles. The highest BCUT2D eigenvalue weighted by Gasteiger charge is 2.24. The van der Waals surface area contributed by atoms with E-state index in [0.29, 0.717) is 23.2 Å². The van der Waals surface area contributed by atoms with Gasteiger partial charge in [0.2, 0.25) is 0 Å². The van der Waals surface area contributed by atoms with Crippen LogP contribution in [0.3, 0.4) is 0 Å². The van der Waals surface area contributed by atoms with Gasteiger partial charge in [-0.15, -0.1) is 0 Å². The minimum atomic E-state index is 0.397. The first-order valence-electron chi connectivity index (χ1n) is 6.52. The lowest BCUT2D eigenvalue weighted by molar-refractivity contribution is 0.171. The molecule has 1 fully saturated rings. The van der Waals surface area contributed by atoms with Gasteiger partial charge in [0, 0.05) is 18.2 Å². The lowest BCUT2D eigenvalue weighted by atomic mass is 9.90. The van der Waals surface area contributed by atoms with E-state index in [2.05, 4.69) is 29.8 Å². The van der Waals surface area contributed by atoms with Gasteiger partial charge in [0.05, 0.1) is 16.9 Å². The highest BCUT2D eigenvalue weighted by molar-refractivity contribution is 5.57. The molecule has 2 heterocycles. The Kier molecular flexibility index (Phi) is 3.83. The summed E-state index contributed by atoms with van der Waals surface area (Å²) in [5.41, 5.74) is 8.05. The van der Waals surface area contributed by atoms with Crippen molar-refractivity contribution in [3.05, 3.63) is 23.5 Å².